The number of benzene rings is 2. The molecule has 4 rings (SSSR count). The molecule has 0 spiro atoms. The molecule has 130 valence electrons. The predicted octanol–water partition coefficient (Wildman–Crippen LogP) is 4.80. The summed E-state index contributed by atoms with van der Waals surface area (Å²) < 4.78 is 1.91. The summed E-state index contributed by atoms with van der Waals surface area (Å²) in [6.45, 7) is 0. The van der Waals surface area contributed by atoms with Gasteiger partial charge < -0.3 is 5.32 Å². The largest absolute Gasteiger partial charge is 0.326 e. The second-order valence-corrected chi connectivity index (χ2v) is 6.73. The van der Waals surface area contributed by atoms with E-state index in [0.29, 0.717) is 16.4 Å². The fraction of sp³-hybridized carbons (Fsp3) is 0.0556. The maximum atomic E-state index is 12.5. The fourth-order valence-electron chi connectivity index (χ4n) is 2.64. The third kappa shape index (κ3) is 3.02. The highest BCUT2D eigenvalue weighted by molar-refractivity contribution is 7.07. The van der Waals surface area contributed by atoms with Gasteiger partial charge in [0.1, 0.15) is 12.1 Å². The SMILES string of the molecule is CN(C(=O)Nc1ccc2c(c1)ncn2-c1cscn1)c1ccccc1Cl. The molecular formula is C18H14ClN5OS. The second-order valence-electron chi connectivity index (χ2n) is 5.61. The lowest BCUT2D eigenvalue weighted by Gasteiger charge is -2.19. The van der Waals surface area contributed by atoms with Crippen LogP contribution >= 0.6 is 22.9 Å². The number of hydrogen-bond donors (Lipinski definition) is 1. The first-order valence-electron chi connectivity index (χ1n) is 7.78. The number of halogens is 1. The molecule has 1 N–H and O–H groups in total. The number of carbonyl (C=O) groups is 1. The van der Waals surface area contributed by atoms with Crippen molar-refractivity contribution in [3.63, 3.8) is 0 Å². The molecule has 4 aromatic rings. The van der Waals surface area contributed by atoms with Crippen molar-refractivity contribution < 1.29 is 4.79 Å². The molecule has 8 heteroatoms. The summed E-state index contributed by atoms with van der Waals surface area (Å²) in [7, 11) is 1.67. The molecule has 6 nitrogen and oxygen atoms in total. The number of para-hydroxylation sites is 1. The molecule has 26 heavy (non-hydrogen) atoms. The Kier molecular flexibility index (Phi) is 4.32. The van der Waals surface area contributed by atoms with Crippen molar-refractivity contribution in [2.45, 2.75) is 0 Å². The van der Waals surface area contributed by atoms with Crippen LogP contribution in [0.4, 0.5) is 16.2 Å². The van der Waals surface area contributed by atoms with Crippen LogP contribution in [0.2, 0.25) is 5.02 Å². The number of rotatable bonds is 3. The molecule has 2 aromatic heterocycles. The molecule has 0 aliphatic carbocycles. The molecule has 0 aliphatic heterocycles. The number of fused-ring (bicyclic) bond motifs is 1. The zero-order valence-electron chi connectivity index (χ0n) is 13.8. The molecule has 0 saturated carbocycles. The monoisotopic (exact) mass is 383 g/mol. The molecule has 0 atom stereocenters. The summed E-state index contributed by atoms with van der Waals surface area (Å²) in [5.74, 6) is 0.827. The van der Waals surface area contributed by atoms with Crippen molar-refractivity contribution in [3.05, 3.63) is 64.7 Å². The zero-order valence-corrected chi connectivity index (χ0v) is 15.3. The van der Waals surface area contributed by atoms with E-state index in [-0.39, 0.29) is 6.03 Å². The topological polar surface area (TPSA) is 63.1 Å². The van der Waals surface area contributed by atoms with Crippen molar-refractivity contribution in [2.24, 2.45) is 0 Å². The van der Waals surface area contributed by atoms with Crippen LogP contribution in [0.5, 0.6) is 0 Å². The molecule has 0 unspecified atom stereocenters. The number of urea groups is 1. The molecule has 2 aromatic carbocycles. The van der Waals surface area contributed by atoms with Crippen LogP contribution < -0.4 is 10.2 Å². The first-order chi connectivity index (χ1) is 12.6. The standard InChI is InChI=1S/C18H14ClN5OS/c1-23(15-5-3-2-4-13(15)19)18(25)22-12-6-7-16-14(8-12)20-10-24(16)17-9-26-11-21-17/h2-11H,1H3,(H,22,25). The van der Waals surface area contributed by atoms with E-state index < -0.39 is 0 Å². The quantitative estimate of drug-likeness (QED) is 0.552. The number of imidazole rings is 1. The summed E-state index contributed by atoms with van der Waals surface area (Å²) in [6.07, 6.45) is 1.72. The van der Waals surface area contributed by atoms with Crippen molar-refractivity contribution in [3.8, 4) is 5.82 Å². The van der Waals surface area contributed by atoms with Gasteiger partial charge in [0.05, 0.1) is 27.3 Å². The van der Waals surface area contributed by atoms with E-state index in [0.717, 1.165) is 16.9 Å². The number of carbonyl (C=O) groups excluding carboxylic acids is 1. The highest BCUT2D eigenvalue weighted by atomic mass is 35.5. The Bertz CT molecular complexity index is 1080. The lowest BCUT2D eigenvalue weighted by molar-refractivity contribution is 0.258. The van der Waals surface area contributed by atoms with Crippen LogP contribution in [0, 0.1) is 0 Å². The highest BCUT2D eigenvalue weighted by Crippen LogP contribution is 2.25. The first kappa shape index (κ1) is 16.6. The van der Waals surface area contributed by atoms with E-state index in [4.69, 9.17) is 11.6 Å². The molecule has 0 saturated heterocycles. The Morgan fingerprint density at radius 2 is 2.08 bits per heavy atom. The Balaban J connectivity index is 1.58. The third-order valence-corrected chi connectivity index (χ3v) is 4.88. The Labute approximate surface area is 158 Å². The van der Waals surface area contributed by atoms with Gasteiger partial charge in [-0.2, -0.15) is 0 Å². The summed E-state index contributed by atoms with van der Waals surface area (Å²) in [5, 5.41) is 5.34. The minimum Gasteiger partial charge on any atom is -0.307 e. The van der Waals surface area contributed by atoms with Crippen LogP contribution in [-0.2, 0) is 0 Å². The van der Waals surface area contributed by atoms with E-state index in [2.05, 4.69) is 15.3 Å². The van der Waals surface area contributed by atoms with Crippen molar-refractivity contribution >= 4 is 51.4 Å². The number of amides is 2. The van der Waals surface area contributed by atoms with Gasteiger partial charge >= 0.3 is 6.03 Å². The van der Waals surface area contributed by atoms with Gasteiger partial charge in [0, 0.05) is 18.1 Å². The Morgan fingerprint density at radius 1 is 1.23 bits per heavy atom. The van der Waals surface area contributed by atoms with Crippen LogP contribution in [0.25, 0.3) is 16.9 Å². The Morgan fingerprint density at radius 3 is 2.85 bits per heavy atom. The molecule has 0 aliphatic rings. The van der Waals surface area contributed by atoms with Gasteiger partial charge in [-0.3, -0.25) is 9.47 Å². The van der Waals surface area contributed by atoms with Gasteiger partial charge in [0.25, 0.3) is 0 Å². The highest BCUT2D eigenvalue weighted by Gasteiger charge is 2.14. The normalized spacial score (nSPS) is 10.8. The number of anilines is 2. The van der Waals surface area contributed by atoms with Gasteiger partial charge in [0.2, 0.25) is 0 Å². The maximum Gasteiger partial charge on any atom is 0.326 e. The molecule has 2 amide bonds. The second kappa shape index (κ2) is 6.78. The van der Waals surface area contributed by atoms with Crippen LogP contribution in [0.1, 0.15) is 0 Å². The summed E-state index contributed by atoms with van der Waals surface area (Å²) in [4.78, 5) is 22.7. The van der Waals surface area contributed by atoms with Gasteiger partial charge in [0.15, 0.2) is 0 Å². The fourth-order valence-corrected chi connectivity index (χ4v) is 3.43. The molecule has 0 radical (unpaired) electrons. The van der Waals surface area contributed by atoms with E-state index in [9.17, 15) is 4.79 Å². The van der Waals surface area contributed by atoms with E-state index in [1.807, 2.05) is 40.3 Å². The molecule has 0 bridgehead atoms. The average molecular weight is 384 g/mol. The average Bonchev–Trinajstić information content (AvgIpc) is 3.30. The summed E-state index contributed by atoms with van der Waals surface area (Å²) in [5.41, 5.74) is 4.77. The molecule has 2 heterocycles. The minimum absolute atomic E-state index is 0.281. The zero-order chi connectivity index (χ0) is 18.1. The number of aromatic nitrogens is 3. The van der Waals surface area contributed by atoms with E-state index >= 15 is 0 Å². The lowest BCUT2D eigenvalue weighted by atomic mass is 10.2. The summed E-state index contributed by atoms with van der Waals surface area (Å²) in [6, 6.07) is 12.5. The van der Waals surface area contributed by atoms with Gasteiger partial charge in [-0.25, -0.2) is 14.8 Å². The minimum atomic E-state index is -0.281. The van der Waals surface area contributed by atoms with Gasteiger partial charge in [-0.15, -0.1) is 11.3 Å². The van der Waals surface area contributed by atoms with Crippen LogP contribution in [-0.4, -0.2) is 27.6 Å². The predicted molar refractivity (Wildman–Crippen MR) is 106 cm³/mol. The van der Waals surface area contributed by atoms with E-state index in [1.54, 1.807) is 31.0 Å². The van der Waals surface area contributed by atoms with E-state index in [1.165, 1.54) is 16.2 Å². The molecule has 0 fully saturated rings. The summed E-state index contributed by atoms with van der Waals surface area (Å²) >= 11 is 7.68. The number of thiazole rings is 1. The number of nitrogens with zero attached hydrogens (tertiary/aromatic N) is 4. The Hall–Kier alpha value is -2.90. The first-order valence-corrected chi connectivity index (χ1v) is 9.10. The van der Waals surface area contributed by atoms with Gasteiger partial charge in [-0.1, -0.05) is 23.7 Å². The van der Waals surface area contributed by atoms with Crippen molar-refractivity contribution in [2.75, 3.05) is 17.3 Å². The molecular weight excluding hydrogens is 370 g/mol. The van der Waals surface area contributed by atoms with Crippen LogP contribution in [0.3, 0.4) is 0 Å². The van der Waals surface area contributed by atoms with Crippen molar-refractivity contribution in [1.82, 2.24) is 14.5 Å². The number of hydrogen-bond acceptors (Lipinski definition) is 4. The van der Waals surface area contributed by atoms with Crippen molar-refractivity contribution in [1.29, 1.82) is 0 Å². The number of nitrogens with one attached hydrogen (secondary N) is 1. The third-order valence-electron chi connectivity index (χ3n) is 3.98. The van der Waals surface area contributed by atoms with Gasteiger partial charge in [-0.05, 0) is 30.3 Å². The van der Waals surface area contributed by atoms with Crippen LogP contribution in [0.15, 0.2) is 59.7 Å². The lowest BCUT2D eigenvalue weighted by Crippen LogP contribution is -2.31. The maximum absolute atomic E-state index is 12.5. The smallest absolute Gasteiger partial charge is 0.307 e.